The second-order valence-electron chi connectivity index (χ2n) is 4.82. The van der Waals surface area contributed by atoms with E-state index in [1.165, 1.54) is 7.11 Å². The monoisotopic (exact) mass is 361 g/mol. The fraction of sp³-hybridized carbons (Fsp3) is 0.176. The summed E-state index contributed by atoms with van der Waals surface area (Å²) in [5.74, 6) is -0.552. The number of esters is 1. The van der Waals surface area contributed by atoms with Gasteiger partial charge in [0.05, 0.1) is 19.1 Å². The van der Waals surface area contributed by atoms with E-state index in [1.54, 1.807) is 25.1 Å². The summed E-state index contributed by atoms with van der Waals surface area (Å²) in [6.45, 7) is 1.78. The fourth-order valence-electron chi connectivity index (χ4n) is 2.13. The van der Waals surface area contributed by atoms with E-state index >= 15 is 0 Å². The van der Waals surface area contributed by atoms with Gasteiger partial charge in [0.15, 0.2) is 0 Å². The average molecular weight is 362 g/mol. The van der Waals surface area contributed by atoms with Gasteiger partial charge in [-0.1, -0.05) is 34.1 Å². The average Bonchev–Trinajstić information content (AvgIpc) is 2.48. The Morgan fingerprint density at radius 3 is 2.59 bits per heavy atom. The van der Waals surface area contributed by atoms with Crippen LogP contribution in [0.3, 0.4) is 0 Å². The van der Waals surface area contributed by atoms with E-state index in [9.17, 15) is 9.59 Å². The molecule has 0 aliphatic carbocycles. The van der Waals surface area contributed by atoms with E-state index in [1.807, 2.05) is 24.3 Å². The van der Waals surface area contributed by atoms with E-state index in [-0.39, 0.29) is 12.3 Å². The summed E-state index contributed by atoms with van der Waals surface area (Å²) < 4.78 is 5.66. The predicted octanol–water partition coefficient (Wildman–Crippen LogP) is 3.73. The minimum atomic E-state index is -0.416. The van der Waals surface area contributed by atoms with Gasteiger partial charge in [0.2, 0.25) is 5.91 Å². The summed E-state index contributed by atoms with van der Waals surface area (Å²) in [5, 5.41) is 2.84. The first-order chi connectivity index (χ1) is 10.5. The first-order valence-electron chi connectivity index (χ1n) is 6.73. The summed E-state index contributed by atoms with van der Waals surface area (Å²) in [6.07, 6.45) is 0.265. The molecule has 0 heterocycles. The molecule has 0 fully saturated rings. The number of rotatable bonds is 4. The third kappa shape index (κ3) is 3.95. The lowest BCUT2D eigenvalue weighted by molar-refractivity contribution is -0.115. The Labute approximate surface area is 137 Å². The lowest BCUT2D eigenvalue weighted by Crippen LogP contribution is -2.16. The maximum absolute atomic E-state index is 12.2. The van der Waals surface area contributed by atoms with Gasteiger partial charge in [-0.05, 0) is 42.3 Å². The maximum Gasteiger partial charge on any atom is 0.338 e. The number of methoxy groups -OCH3 is 1. The third-order valence-electron chi connectivity index (χ3n) is 3.27. The minimum absolute atomic E-state index is 0.136. The SMILES string of the molecule is COC(=O)c1cccc(NC(=O)Cc2cccc(Br)c2)c1C. The molecule has 2 rings (SSSR count). The first kappa shape index (κ1) is 16.2. The van der Waals surface area contributed by atoms with Crippen LogP contribution < -0.4 is 5.32 Å². The van der Waals surface area contributed by atoms with Crippen LogP contribution in [-0.4, -0.2) is 19.0 Å². The van der Waals surface area contributed by atoms with Crippen molar-refractivity contribution in [1.82, 2.24) is 0 Å². The molecule has 1 amide bonds. The smallest absolute Gasteiger partial charge is 0.338 e. The van der Waals surface area contributed by atoms with Crippen molar-refractivity contribution < 1.29 is 14.3 Å². The van der Waals surface area contributed by atoms with Crippen molar-refractivity contribution in [3.05, 3.63) is 63.6 Å². The highest BCUT2D eigenvalue weighted by molar-refractivity contribution is 9.10. The molecule has 0 atom stereocenters. The van der Waals surface area contributed by atoms with Gasteiger partial charge < -0.3 is 10.1 Å². The summed E-state index contributed by atoms with van der Waals surface area (Å²) in [7, 11) is 1.33. The predicted molar refractivity (Wildman–Crippen MR) is 89.0 cm³/mol. The summed E-state index contributed by atoms with van der Waals surface area (Å²) in [5.41, 5.74) is 2.66. The number of carbonyl (C=O) groups excluding carboxylic acids is 2. The molecule has 0 aromatic heterocycles. The number of benzene rings is 2. The Hall–Kier alpha value is -2.14. The fourth-order valence-corrected chi connectivity index (χ4v) is 2.58. The van der Waals surface area contributed by atoms with Gasteiger partial charge in [0, 0.05) is 10.2 Å². The lowest BCUT2D eigenvalue weighted by atomic mass is 10.1. The molecule has 22 heavy (non-hydrogen) atoms. The highest BCUT2D eigenvalue weighted by atomic mass is 79.9. The van der Waals surface area contributed by atoms with Crippen LogP contribution in [0.5, 0.6) is 0 Å². The van der Waals surface area contributed by atoms with Gasteiger partial charge in [0.1, 0.15) is 0 Å². The molecule has 2 aromatic rings. The molecule has 0 bridgehead atoms. The number of anilines is 1. The lowest BCUT2D eigenvalue weighted by Gasteiger charge is -2.11. The second-order valence-corrected chi connectivity index (χ2v) is 5.74. The topological polar surface area (TPSA) is 55.4 Å². The zero-order valence-electron chi connectivity index (χ0n) is 12.4. The van der Waals surface area contributed by atoms with Crippen LogP contribution >= 0.6 is 15.9 Å². The standard InChI is InChI=1S/C17H16BrNO3/c1-11-14(17(21)22-2)7-4-8-15(11)19-16(20)10-12-5-3-6-13(18)9-12/h3-9H,10H2,1-2H3,(H,19,20). The summed E-state index contributed by atoms with van der Waals surface area (Å²) in [6, 6.07) is 12.7. The molecule has 0 aliphatic heterocycles. The highest BCUT2D eigenvalue weighted by Crippen LogP contribution is 2.20. The van der Waals surface area contributed by atoms with Crippen molar-refractivity contribution >= 4 is 33.5 Å². The van der Waals surface area contributed by atoms with Gasteiger partial charge in [-0.3, -0.25) is 4.79 Å². The number of halogens is 1. The Morgan fingerprint density at radius 2 is 1.91 bits per heavy atom. The molecule has 0 unspecified atom stereocenters. The highest BCUT2D eigenvalue weighted by Gasteiger charge is 2.13. The Bertz CT molecular complexity index is 713. The number of carbonyl (C=O) groups is 2. The van der Waals surface area contributed by atoms with Crippen LogP contribution in [0.1, 0.15) is 21.5 Å². The molecule has 4 nitrogen and oxygen atoms in total. The van der Waals surface area contributed by atoms with Crippen LogP contribution in [0.25, 0.3) is 0 Å². The van der Waals surface area contributed by atoms with Crippen LogP contribution in [0.4, 0.5) is 5.69 Å². The molecule has 1 N–H and O–H groups in total. The van der Waals surface area contributed by atoms with Crippen LogP contribution in [-0.2, 0) is 16.0 Å². The van der Waals surface area contributed by atoms with Crippen LogP contribution in [0, 0.1) is 6.92 Å². The first-order valence-corrected chi connectivity index (χ1v) is 7.53. The number of amides is 1. The van der Waals surface area contributed by atoms with Gasteiger partial charge in [0.25, 0.3) is 0 Å². The Morgan fingerprint density at radius 1 is 1.18 bits per heavy atom. The molecule has 0 saturated carbocycles. The number of ether oxygens (including phenoxy) is 1. The van der Waals surface area contributed by atoms with Gasteiger partial charge in [-0.2, -0.15) is 0 Å². The Balaban J connectivity index is 2.13. The normalized spacial score (nSPS) is 10.1. The van der Waals surface area contributed by atoms with Crippen molar-refractivity contribution in [2.75, 3.05) is 12.4 Å². The molecule has 2 aromatic carbocycles. The van der Waals surface area contributed by atoms with Crippen molar-refractivity contribution in [3.8, 4) is 0 Å². The van der Waals surface area contributed by atoms with Gasteiger partial charge >= 0.3 is 5.97 Å². The van der Waals surface area contributed by atoms with E-state index in [4.69, 9.17) is 4.74 Å². The maximum atomic E-state index is 12.2. The van der Waals surface area contributed by atoms with Gasteiger partial charge in [-0.15, -0.1) is 0 Å². The zero-order chi connectivity index (χ0) is 16.1. The number of hydrogen-bond donors (Lipinski definition) is 1. The molecular formula is C17H16BrNO3. The minimum Gasteiger partial charge on any atom is -0.465 e. The van der Waals surface area contributed by atoms with Crippen molar-refractivity contribution in [1.29, 1.82) is 0 Å². The molecule has 0 saturated heterocycles. The number of nitrogens with one attached hydrogen (secondary N) is 1. The zero-order valence-corrected chi connectivity index (χ0v) is 13.9. The van der Waals surface area contributed by atoms with E-state index in [0.717, 1.165) is 10.0 Å². The third-order valence-corrected chi connectivity index (χ3v) is 3.76. The summed E-state index contributed by atoms with van der Waals surface area (Å²) in [4.78, 5) is 23.8. The van der Waals surface area contributed by atoms with Crippen molar-refractivity contribution in [2.24, 2.45) is 0 Å². The largest absolute Gasteiger partial charge is 0.465 e. The second kappa shape index (κ2) is 7.22. The van der Waals surface area contributed by atoms with Crippen LogP contribution in [0.2, 0.25) is 0 Å². The quantitative estimate of drug-likeness (QED) is 0.844. The number of hydrogen-bond acceptors (Lipinski definition) is 3. The molecular weight excluding hydrogens is 346 g/mol. The molecule has 0 radical (unpaired) electrons. The van der Waals surface area contributed by atoms with E-state index in [2.05, 4.69) is 21.2 Å². The van der Waals surface area contributed by atoms with E-state index < -0.39 is 5.97 Å². The Kier molecular flexibility index (Phi) is 5.33. The van der Waals surface area contributed by atoms with Crippen molar-refractivity contribution in [3.63, 3.8) is 0 Å². The van der Waals surface area contributed by atoms with Gasteiger partial charge in [-0.25, -0.2) is 4.79 Å². The molecule has 0 spiro atoms. The molecule has 0 aliphatic rings. The van der Waals surface area contributed by atoms with E-state index in [0.29, 0.717) is 16.8 Å². The molecule has 5 heteroatoms. The molecule has 114 valence electrons. The summed E-state index contributed by atoms with van der Waals surface area (Å²) >= 11 is 3.38. The van der Waals surface area contributed by atoms with Crippen molar-refractivity contribution in [2.45, 2.75) is 13.3 Å². The van der Waals surface area contributed by atoms with Crippen LogP contribution in [0.15, 0.2) is 46.9 Å².